The van der Waals surface area contributed by atoms with E-state index in [-0.39, 0.29) is 22.9 Å². The Hall–Kier alpha value is -3.66. The number of hydrogen-bond donors (Lipinski definition) is 3. The van der Waals surface area contributed by atoms with Gasteiger partial charge in [0, 0.05) is 18.6 Å². The van der Waals surface area contributed by atoms with Gasteiger partial charge in [-0.25, -0.2) is 14.5 Å². The molecule has 4 heterocycles. The number of oxime groups is 1. The van der Waals surface area contributed by atoms with Crippen molar-refractivity contribution in [2.75, 3.05) is 24.3 Å². The highest BCUT2D eigenvalue weighted by Crippen LogP contribution is 2.41. The van der Waals surface area contributed by atoms with Gasteiger partial charge >= 0.3 is 5.97 Å². The number of nitrogen functional groups attached to an aromatic ring is 1. The Morgan fingerprint density at radius 2 is 2.24 bits per heavy atom. The normalized spacial score (nSPS) is 20.0. The zero-order valence-corrected chi connectivity index (χ0v) is 19.5. The summed E-state index contributed by atoms with van der Waals surface area (Å²) in [4.78, 5) is 47.8. The van der Waals surface area contributed by atoms with Gasteiger partial charge in [0.2, 0.25) is 5.16 Å². The maximum absolute atomic E-state index is 12.9. The third kappa shape index (κ3) is 4.41. The highest BCUT2D eigenvalue weighted by Gasteiger charge is 2.54. The number of anilines is 1. The van der Waals surface area contributed by atoms with Crippen molar-refractivity contribution >= 4 is 52.8 Å². The molecule has 2 amide bonds. The predicted molar refractivity (Wildman–Crippen MR) is 121 cm³/mol. The number of carboxylic acids is 1. The number of nitrogens with zero attached hydrogens (tertiary/aromatic N) is 7. The summed E-state index contributed by atoms with van der Waals surface area (Å²) in [5, 5.41) is 27.2. The van der Waals surface area contributed by atoms with Crippen molar-refractivity contribution in [3.05, 3.63) is 35.2 Å². The predicted octanol–water partition coefficient (Wildman–Crippen LogP) is -0.931. The van der Waals surface area contributed by atoms with E-state index >= 15 is 0 Å². The first-order chi connectivity index (χ1) is 16.3. The Bertz CT molecular complexity index is 1210. The van der Waals surface area contributed by atoms with Crippen molar-refractivity contribution in [1.29, 1.82) is 0 Å². The average molecular weight is 506 g/mol. The van der Waals surface area contributed by atoms with E-state index in [0.29, 0.717) is 22.2 Å². The van der Waals surface area contributed by atoms with Crippen LogP contribution in [0.15, 0.2) is 39.8 Å². The number of carbonyl (C=O) groups excluding carboxylic acids is 2. The summed E-state index contributed by atoms with van der Waals surface area (Å²) in [5.74, 6) is -1.63. The molecule has 4 rings (SSSR count). The first-order valence-corrected chi connectivity index (χ1v) is 11.7. The van der Waals surface area contributed by atoms with Crippen LogP contribution in [-0.4, -0.2) is 88.7 Å². The topological polar surface area (TPSA) is 191 Å². The van der Waals surface area contributed by atoms with Gasteiger partial charge in [0.05, 0.1) is 0 Å². The number of tetrazole rings is 1. The number of pyridine rings is 1. The highest BCUT2D eigenvalue weighted by atomic mass is 32.2. The number of rotatable bonds is 8. The second-order valence-electron chi connectivity index (χ2n) is 7.06. The molecule has 0 radical (unpaired) electrons. The Labute approximate surface area is 201 Å². The van der Waals surface area contributed by atoms with Crippen molar-refractivity contribution in [3.8, 4) is 0 Å². The molecule has 2 aliphatic heterocycles. The first-order valence-electron chi connectivity index (χ1n) is 9.72. The second kappa shape index (κ2) is 9.68. The van der Waals surface area contributed by atoms with Crippen molar-refractivity contribution in [2.45, 2.75) is 16.6 Å². The average Bonchev–Trinajstić information content (AvgIpc) is 3.23. The minimum absolute atomic E-state index is 0.0924. The third-order valence-electron chi connectivity index (χ3n) is 4.90. The molecule has 178 valence electrons. The van der Waals surface area contributed by atoms with E-state index in [1.54, 1.807) is 19.2 Å². The van der Waals surface area contributed by atoms with Crippen LogP contribution in [0.1, 0.15) is 5.69 Å². The largest absolute Gasteiger partial charge is 0.477 e. The summed E-state index contributed by atoms with van der Waals surface area (Å²) in [5.41, 5.74) is 6.16. The molecular formula is C18H19N9O5S2. The van der Waals surface area contributed by atoms with Gasteiger partial charge in [-0.2, -0.15) is 0 Å². The van der Waals surface area contributed by atoms with E-state index in [1.807, 2.05) is 0 Å². The smallest absolute Gasteiger partial charge is 0.352 e. The summed E-state index contributed by atoms with van der Waals surface area (Å²) >= 11 is 2.62. The van der Waals surface area contributed by atoms with Gasteiger partial charge in [-0.3, -0.25) is 14.5 Å². The molecule has 0 spiro atoms. The lowest BCUT2D eigenvalue weighted by Gasteiger charge is -2.49. The summed E-state index contributed by atoms with van der Waals surface area (Å²) in [6.45, 7) is 0. The minimum Gasteiger partial charge on any atom is -0.477 e. The lowest BCUT2D eigenvalue weighted by molar-refractivity contribution is -0.150. The van der Waals surface area contributed by atoms with E-state index in [2.05, 4.69) is 31.0 Å². The maximum atomic E-state index is 12.9. The zero-order chi connectivity index (χ0) is 24.4. The van der Waals surface area contributed by atoms with Gasteiger partial charge < -0.3 is 21.0 Å². The molecule has 2 aromatic heterocycles. The monoisotopic (exact) mass is 505 g/mol. The quantitative estimate of drug-likeness (QED) is 0.173. The number of nitrogens with one attached hydrogen (secondary N) is 1. The van der Waals surface area contributed by atoms with Crippen LogP contribution in [0.3, 0.4) is 0 Å². The van der Waals surface area contributed by atoms with Gasteiger partial charge in [0.15, 0.2) is 5.71 Å². The zero-order valence-electron chi connectivity index (χ0n) is 17.9. The number of amides is 2. The molecule has 2 unspecified atom stereocenters. The molecule has 16 heteroatoms. The fraction of sp³-hybridized carbons (Fsp3) is 0.333. The first kappa shape index (κ1) is 23.5. The van der Waals surface area contributed by atoms with E-state index < -0.39 is 29.2 Å². The lowest BCUT2D eigenvalue weighted by atomic mass is 10.0. The van der Waals surface area contributed by atoms with Gasteiger partial charge in [-0.05, 0) is 28.1 Å². The Balaban J connectivity index is 1.50. The molecule has 0 bridgehead atoms. The number of aromatic nitrogens is 5. The van der Waals surface area contributed by atoms with Crippen LogP contribution >= 0.6 is 23.5 Å². The highest BCUT2D eigenvalue weighted by molar-refractivity contribution is 8.01. The maximum Gasteiger partial charge on any atom is 0.352 e. The van der Waals surface area contributed by atoms with E-state index in [1.165, 1.54) is 46.3 Å². The molecule has 2 atom stereocenters. The summed E-state index contributed by atoms with van der Waals surface area (Å²) < 4.78 is 1.47. The molecule has 14 nitrogen and oxygen atoms in total. The van der Waals surface area contributed by atoms with Crippen LogP contribution in [0, 0.1) is 0 Å². The SMILES string of the molecule is CO/N=C(/C(=O)NC1C(=O)N2C(C(=O)O)=C(CSc3nnnn3C)CSC12)c1cccc(N)n1. The van der Waals surface area contributed by atoms with Crippen LogP contribution in [0.2, 0.25) is 0 Å². The molecule has 1 saturated heterocycles. The van der Waals surface area contributed by atoms with E-state index in [9.17, 15) is 19.5 Å². The number of thioether (sulfide) groups is 2. The fourth-order valence-electron chi connectivity index (χ4n) is 3.38. The molecule has 2 aliphatic rings. The number of aryl methyl sites for hydroxylation is 1. The number of hydrogen-bond acceptors (Lipinski definition) is 12. The Morgan fingerprint density at radius 3 is 2.88 bits per heavy atom. The van der Waals surface area contributed by atoms with Gasteiger partial charge in [-0.15, -0.1) is 16.9 Å². The second-order valence-corrected chi connectivity index (χ2v) is 9.11. The van der Waals surface area contributed by atoms with Crippen LogP contribution in [0.5, 0.6) is 0 Å². The van der Waals surface area contributed by atoms with Crippen molar-refractivity contribution in [3.63, 3.8) is 0 Å². The Kier molecular flexibility index (Phi) is 6.69. The standard InChI is InChI=1S/C18H19N9O5S2/c1-26-18(22-24-25-26)34-7-8-6-33-16-12(15(29)27(16)13(8)17(30)31)21-14(28)11(23-32-2)9-4-3-5-10(19)20-9/h3-5,12,16H,6-7H2,1-2H3,(H2,19,20)(H,21,28)(H,30,31)/b23-11+. The molecule has 0 aromatic carbocycles. The van der Waals surface area contributed by atoms with E-state index in [4.69, 9.17) is 10.6 Å². The molecule has 4 N–H and O–H groups in total. The number of fused-ring (bicyclic) bond motifs is 1. The molecular weight excluding hydrogens is 486 g/mol. The minimum atomic E-state index is -1.22. The van der Waals surface area contributed by atoms with Gasteiger partial charge in [-0.1, -0.05) is 23.0 Å². The summed E-state index contributed by atoms with van der Waals surface area (Å²) in [6.07, 6.45) is 0. The third-order valence-corrected chi connectivity index (χ3v) is 7.34. The van der Waals surface area contributed by atoms with Crippen molar-refractivity contribution in [2.24, 2.45) is 12.2 Å². The molecule has 1 fully saturated rings. The molecule has 0 saturated carbocycles. The summed E-state index contributed by atoms with van der Waals surface area (Å²) in [6, 6.07) is 3.74. The molecule has 2 aromatic rings. The Morgan fingerprint density at radius 1 is 1.44 bits per heavy atom. The number of nitrogens with two attached hydrogens (primary N) is 1. The molecule has 34 heavy (non-hydrogen) atoms. The summed E-state index contributed by atoms with van der Waals surface area (Å²) in [7, 11) is 2.94. The van der Waals surface area contributed by atoms with E-state index in [0.717, 1.165) is 0 Å². The van der Waals surface area contributed by atoms with Crippen LogP contribution in [0.25, 0.3) is 0 Å². The number of β-lactam (4-membered cyclic amide) rings is 1. The van der Waals surface area contributed by atoms with Gasteiger partial charge in [0.1, 0.15) is 35.7 Å². The number of aliphatic carboxylic acids is 1. The lowest BCUT2D eigenvalue weighted by Crippen LogP contribution is -2.71. The van der Waals surface area contributed by atoms with Crippen LogP contribution < -0.4 is 11.1 Å². The van der Waals surface area contributed by atoms with Crippen LogP contribution in [-0.2, 0) is 26.3 Å². The van der Waals surface area contributed by atoms with Crippen molar-refractivity contribution in [1.82, 2.24) is 35.4 Å². The number of carbonyl (C=O) groups is 3. The van der Waals surface area contributed by atoms with Gasteiger partial charge in [0.25, 0.3) is 11.8 Å². The van der Waals surface area contributed by atoms with Crippen LogP contribution in [0.4, 0.5) is 5.82 Å². The van der Waals surface area contributed by atoms with Crippen molar-refractivity contribution < 1.29 is 24.3 Å². The molecule has 0 aliphatic carbocycles. The number of carboxylic acid groups (broad SMARTS) is 1. The fourth-order valence-corrected chi connectivity index (χ4v) is 5.71.